The number of nitrogens with zero attached hydrogens (tertiary/aromatic N) is 2. The molecule has 0 spiro atoms. The molecule has 1 aromatic heterocycles. The van der Waals surface area contributed by atoms with Crippen molar-refractivity contribution >= 4 is 11.6 Å². The number of rotatable bonds is 3. The summed E-state index contributed by atoms with van der Waals surface area (Å²) in [5.41, 5.74) is 4.65. The first-order valence-corrected chi connectivity index (χ1v) is 6.89. The molecule has 98 valence electrons. The number of benzene rings is 1. The highest BCUT2D eigenvalue weighted by molar-refractivity contribution is 6.30. The molecule has 0 aliphatic heterocycles. The first kappa shape index (κ1) is 12.6. The maximum absolute atomic E-state index is 6.02. The van der Waals surface area contributed by atoms with E-state index in [0.29, 0.717) is 6.04 Å². The molecule has 0 amide bonds. The number of hydrogen-bond donors (Lipinski definition) is 1. The molecule has 0 saturated carbocycles. The van der Waals surface area contributed by atoms with Crippen molar-refractivity contribution in [2.24, 2.45) is 0 Å². The molecular weight excluding hydrogens is 258 g/mol. The molecule has 0 radical (unpaired) electrons. The monoisotopic (exact) mass is 273 g/mol. The van der Waals surface area contributed by atoms with Gasteiger partial charge in [0.1, 0.15) is 0 Å². The molecule has 1 aliphatic rings. The third-order valence-corrected chi connectivity index (χ3v) is 3.78. The lowest BCUT2D eigenvalue weighted by Crippen LogP contribution is -2.19. The van der Waals surface area contributed by atoms with Crippen molar-refractivity contribution in [1.82, 2.24) is 15.3 Å². The van der Waals surface area contributed by atoms with Crippen LogP contribution in [0.25, 0.3) is 0 Å². The van der Waals surface area contributed by atoms with E-state index in [2.05, 4.69) is 27.4 Å². The number of hydrogen-bond acceptors (Lipinski definition) is 3. The predicted octanol–water partition coefficient (Wildman–Crippen LogP) is 3.22. The van der Waals surface area contributed by atoms with Crippen molar-refractivity contribution in [1.29, 1.82) is 0 Å². The molecule has 1 aliphatic carbocycles. The van der Waals surface area contributed by atoms with Gasteiger partial charge in [-0.15, -0.1) is 0 Å². The van der Waals surface area contributed by atoms with Crippen LogP contribution >= 0.6 is 11.6 Å². The molecule has 3 rings (SSSR count). The second-order valence-corrected chi connectivity index (χ2v) is 5.40. The van der Waals surface area contributed by atoms with Gasteiger partial charge in [-0.1, -0.05) is 17.7 Å². The number of halogens is 1. The summed E-state index contributed by atoms with van der Waals surface area (Å²) in [6, 6.07) is 6.56. The van der Waals surface area contributed by atoms with Crippen LogP contribution in [0, 0.1) is 6.92 Å². The van der Waals surface area contributed by atoms with Crippen LogP contribution in [0.3, 0.4) is 0 Å². The van der Waals surface area contributed by atoms with Gasteiger partial charge in [0, 0.05) is 30.0 Å². The molecular formula is C15H16ClN3. The van der Waals surface area contributed by atoms with Crippen molar-refractivity contribution in [3.05, 3.63) is 58.1 Å². The summed E-state index contributed by atoms with van der Waals surface area (Å²) in [7, 11) is 0. The second-order valence-electron chi connectivity index (χ2n) is 4.96. The Morgan fingerprint density at radius 2 is 2.21 bits per heavy atom. The Morgan fingerprint density at radius 1 is 1.32 bits per heavy atom. The smallest absolute Gasteiger partial charge is 0.0724 e. The van der Waals surface area contributed by atoms with E-state index in [1.807, 2.05) is 19.2 Å². The fraction of sp³-hybridized carbons (Fsp3) is 0.333. The SMILES string of the molecule is Cc1cnc(CNC2CCc3cc(Cl)ccc32)cn1. The highest BCUT2D eigenvalue weighted by Gasteiger charge is 2.21. The Labute approximate surface area is 118 Å². The lowest BCUT2D eigenvalue weighted by atomic mass is 10.1. The van der Waals surface area contributed by atoms with Crippen LogP contribution in [0.5, 0.6) is 0 Å². The van der Waals surface area contributed by atoms with E-state index in [4.69, 9.17) is 11.6 Å². The summed E-state index contributed by atoms with van der Waals surface area (Å²) in [6.45, 7) is 2.70. The van der Waals surface area contributed by atoms with Gasteiger partial charge in [-0.2, -0.15) is 0 Å². The van der Waals surface area contributed by atoms with Crippen LogP contribution in [0.4, 0.5) is 0 Å². The fourth-order valence-electron chi connectivity index (χ4n) is 2.54. The summed E-state index contributed by atoms with van der Waals surface area (Å²) in [6.07, 6.45) is 5.85. The first-order chi connectivity index (χ1) is 9.22. The van der Waals surface area contributed by atoms with Crippen LogP contribution < -0.4 is 5.32 Å². The van der Waals surface area contributed by atoms with E-state index in [0.717, 1.165) is 35.8 Å². The van der Waals surface area contributed by atoms with Crippen molar-refractivity contribution in [2.75, 3.05) is 0 Å². The van der Waals surface area contributed by atoms with E-state index in [-0.39, 0.29) is 0 Å². The molecule has 1 atom stereocenters. The minimum absolute atomic E-state index is 0.398. The number of nitrogens with one attached hydrogen (secondary N) is 1. The summed E-state index contributed by atoms with van der Waals surface area (Å²) < 4.78 is 0. The third-order valence-electron chi connectivity index (χ3n) is 3.55. The van der Waals surface area contributed by atoms with E-state index in [1.54, 1.807) is 6.20 Å². The average molecular weight is 274 g/mol. The molecule has 1 heterocycles. The first-order valence-electron chi connectivity index (χ1n) is 6.51. The Balaban J connectivity index is 1.68. The van der Waals surface area contributed by atoms with Crippen molar-refractivity contribution < 1.29 is 0 Å². The van der Waals surface area contributed by atoms with E-state index in [1.165, 1.54) is 11.1 Å². The zero-order valence-corrected chi connectivity index (χ0v) is 11.6. The zero-order valence-electron chi connectivity index (χ0n) is 10.9. The quantitative estimate of drug-likeness (QED) is 0.933. The Morgan fingerprint density at radius 3 is 3.00 bits per heavy atom. The number of aromatic nitrogens is 2. The van der Waals surface area contributed by atoms with Gasteiger partial charge in [0.25, 0.3) is 0 Å². The van der Waals surface area contributed by atoms with E-state index < -0.39 is 0 Å². The van der Waals surface area contributed by atoms with Crippen LogP contribution in [0.2, 0.25) is 5.02 Å². The molecule has 19 heavy (non-hydrogen) atoms. The molecule has 3 nitrogen and oxygen atoms in total. The van der Waals surface area contributed by atoms with Gasteiger partial charge in [-0.3, -0.25) is 9.97 Å². The minimum Gasteiger partial charge on any atom is -0.304 e. The van der Waals surface area contributed by atoms with Gasteiger partial charge < -0.3 is 5.32 Å². The maximum Gasteiger partial charge on any atom is 0.0724 e. The molecule has 4 heteroatoms. The number of fused-ring (bicyclic) bond motifs is 1. The molecule has 2 aromatic rings. The van der Waals surface area contributed by atoms with Gasteiger partial charge in [0.05, 0.1) is 11.4 Å². The van der Waals surface area contributed by atoms with Gasteiger partial charge in [-0.05, 0) is 43.0 Å². The lowest BCUT2D eigenvalue weighted by molar-refractivity contribution is 0.524. The minimum atomic E-state index is 0.398. The second kappa shape index (κ2) is 5.27. The van der Waals surface area contributed by atoms with E-state index >= 15 is 0 Å². The Kier molecular flexibility index (Phi) is 3.49. The van der Waals surface area contributed by atoms with Gasteiger partial charge in [0.2, 0.25) is 0 Å². The third kappa shape index (κ3) is 2.77. The van der Waals surface area contributed by atoms with Crippen molar-refractivity contribution in [3.8, 4) is 0 Å². The molecule has 0 fully saturated rings. The molecule has 1 aromatic carbocycles. The van der Waals surface area contributed by atoms with E-state index in [9.17, 15) is 0 Å². The van der Waals surface area contributed by atoms with Crippen molar-refractivity contribution in [2.45, 2.75) is 32.4 Å². The van der Waals surface area contributed by atoms with Crippen LogP contribution in [-0.4, -0.2) is 9.97 Å². The summed E-state index contributed by atoms with van der Waals surface area (Å²) >= 11 is 6.02. The van der Waals surface area contributed by atoms with Gasteiger partial charge in [-0.25, -0.2) is 0 Å². The average Bonchev–Trinajstić information content (AvgIpc) is 2.80. The lowest BCUT2D eigenvalue weighted by Gasteiger charge is -2.13. The molecule has 0 bridgehead atoms. The Bertz CT molecular complexity index is 580. The van der Waals surface area contributed by atoms with Gasteiger partial charge in [0.15, 0.2) is 0 Å². The summed E-state index contributed by atoms with van der Waals surface area (Å²) in [5, 5.41) is 4.37. The summed E-state index contributed by atoms with van der Waals surface area (Å²) in [4.78, 5) is 8.62. The topological polar surface area (TPSA) is 37.8 Å². The normalized spacial score (nSPS) is 17.5. The molecule has 1 unspecified atom stereocenters. The standard InChI is InChI=1S/C15H16ClN3/c1-10-7-18-13(8-17-10)9-19-15-5-2-11-6-12(16)3-4-14(11)15/h3-4,6-8,15,19H,2,5,9H2,1H3. The zero-order chi connectivity index (χ0) is 13.2. The predicted molar refractivity (Wildman–Crippen MR) is 76.1 cm³/mol. The molecule has 1 N–H and O–H groups in total. The van der Waals surface area contributed by atoms with Crippen molar-refractivity contribution in [3.63, 3.8) is 0 Å². The highest BCUT2D eigenvalue weighted by atomic mass is 35.5. The Hall–Kier alpha value is -1.45. The van der Waals surface area contributed by atoms with Gasteiger partial charge >= 0.3 is 0 Å². The maximum atomic E-state index is 6.02. The highest BCUT2D eigenvalue weighted by Crippen LogP contribution is 2.32. The van der Waals surface area contributed by atoms with Crippen LogP contribution in [0.15, 0.2) is 30.6 Å². The van der Waals surface area contributed by atoms with Crippen LogP contribution in [0.1, 0.15) is 35.0 Å². The number of aryl methyl sites for hydroxylation is 2. The van der Waals surface area contributed by atoms with Crippen LogP contribution in [-0.2, 0) is 13.0 Å². The fourth-order valence-corrected chi connectivity index (χ4v) is 2.73. The molecule has 0 saturated heterocycles. The largest absolute Gasteiger partial charge is 0.304 e. The summed E-state index contributed by atoms with van der Waals surface area (Å²) in [5.74, 6) is 0.